The third-order valence-electron chi connectivity index (χ3n) is 4.45. The number of aliphatic hydroxyl groups excluding tert-OH is 1. The Hall–Kier alpha value is -3.64. The molecule has 0 saturated carbocycles. The summed E-state index contributed by atoms with van der Waals surface area (Å²) in [5.41, 5.74) is 0.618. The van der Waals surface area contributed by atoms with Crippen molar-refractivity contribution in [2.24, 2.45) is 0 Å². The maximum atomic E-state index is 12.1. The van der Waals surface area contributed by atoms with E-state index in [9.17, 15) is 29.4 Å². The first-order valence-electron chi connectivity index (χ1n) is 9.94. The van der Waals surface area contributed by atoms with Gasteiger partial charge in [0.15, 0.2) is 0 Å². The minimum absolute atomic E-state index is 0.0102. The fraction of sp³-hybridized carbons (Fsp3) is 0.429. The largest absolute Gasteiger partial charge is 0.506 e. The van der Waals surface area contributed by atoms with Crippen LogP contribution in [-0.4, -0.2) is 65.2 Å². The molecule has 4 N–H and O–H groups in total. The van der Waals surface area contributed by atoms with Crippen LogP contribution in [0.15, 0.2) is 18.2 Å². The van der Waals surface area contributed by atoms with Crippen molar-refractivity contribution in [3.63, 3.8) is 0 Å². The number of esters is 4. The summed E-state index contributed by atoms with van der Waals surface area (Å²) in [6.45, 7) is 3.10. The number of hydrogen-bond donors (Lipinski definition) is 4. The number of benzene rings is 1. The molecule has 1 aromatic heterocycles. The first kappa shape index (κ1) is 25.6. The number of carbonyl (C=O) groups excluding carboxylic acids is 4. The summed E-state index contributed by atoms with van der Waals surface area (Å²) in [5.74, 6) is -2.71. The quantitative estimate of drug-likeness (QED) is 0.275. The predicted molar refractivity (Wildman–Crippen MR) is 112 cm³/mol. The molecule has 33 heavy (non-hydrogen) atoms. The summed E-state index contributed by atoms with van der Waals surface area (Å²) in [5, 5.41) is 24.1. The molecular weight excluding hydrogens is 440 g/mol. The van der Waals surface area contributed by atoms with Crippen LogP contribution >= 0.6 is 0 Å². The van der Waals surface area contributed by atoms with Crippen LogP contribution < -0.4 is 5.32 Å². The van der Waals surface area contributed by atoms with Gasteiger partial charge in [0.25, 0.3) is 0 Å². The lowest BCUT2D eigenvalue weighted by molar-refractivity contribution is -0.166. The highest BCUT2D eigenvalue weighted by molar-refractivity contribution is 5.98. The smallest absolute Gasteiger partial charge is 0.357 e. The third kappa shape index (κ3) is 7.77. The normalized spacial score (nSPS) is 12.6. The van der Waals surface area contributed by atoms with E-state index < -0.39 is 43.6 Å². The lowest BCUT2D eigenvalue weighted by atomic mass is 10.0. The molecule has 0 aliphatic rings. The molecule has 1 aromatic carbocycles. The van der Waals surface area contributed by atoms with Crippen molar-refractivity contribution in [1.29, 1.82) is 0 Å². The average Bonchev–Trinajstić information content (AvgIpc) is 3.18. The molecular formula is C21H26N2O10. The van der Waals surface area contributed by atoms with Crippen LogP contribution in [0.5, 0.6) is 5.75 Å². The molecule has 0 bridgehead atoms. The number of phenolic OH excluding ortho intramolecular Hbond substituents is 1. The number of H-pyrrole nitrogens is 1. The highest BCUT2D eigenvalue weighted by atomic mass is 16.7. The number of nitrogens with one attached hydrogen (secondary N) is 2. The second kappa shape index (κ2) is 11.8. The van der Waals surface area contributed by atoms with Gasteiger partial charge < -0.3 is 39.5 Å². The Kier molecular flexibility index (Phi) is 9.18. The van der Waals surface area contributed by atoms with Gasteiger partial charge in [0.1, 0.15) is 11.4 Å². The van der Waals surface area contributed by atoms with Crippen LogP contribution in [-0.2, 0) is 33.3 Å². The number of phenols is 1. The zero-order valence-electron chi connectivity index (χ0n) is 18.4. The second-order valence-electron chi connectivity index (χ2n) is 7.13. The number of aromatic nitrogens is 1. The first-order valence-corrected chi connectivity index (χ1v) is 9.94. The topological polar surface area (TPSA) is 173 Å². The summed E-state index contributed by atoms with van der Waals surface area (Å²) in [6.07, 6.45) is -1.07. The Balaban J connectivity index is 2.00. The van der Waals surface area contributed by atoms with E-state index in [0.717, 1.165) is 0 Å². The van der Waals surface area contributed by atoms with Crippen molar-refractivity contribution in [1.82, 2.24) is 10.3 Å². The number of aromatic hydroxyl groups is 1. The van der Waals surface area contributed by atoms with E-state index in [0.29, 0.717) is 10.9 Å². The summed E-state index contributed by atoms with van der Waals surface area (Å²) in [7, 11) is 0. The molecule has 12 nitrogen and oxygen atoms in total. The fourth-order valence-corrected chi connectivity index (χ4v) is 2.85. The Bertz CT molecular complexity index is 1020. The van der Waals surface area contributed by atoms with Gasteiger partial charge in [0.05, 0.1) is 18.0 Å². The monoisotopic (exact) mass is 466 g/mol. The summed E-state index contributed by atoms with van der Waals surface area (Å²) < 4.78 is 18.7. The molecule has 1 heterocycles. The standard InChI is InChI=1S/C21H26N2O10/c1-11(6-19(28)32-9-30-12(2)24)22-8-18(27)14-4-5-17(26)20-15(14)7-16(23-20)21(29)33-10-31-13(3)25/h4-5,7,11,18,22-23,26-27H,6,8-10H2,1-3H3. The zero-order valence-corrected chi connectivity index (χ0v) is 18.4. The van der Waals surface area contributed by atoms with Crippen molar-refractivity contribution >= 4 is 34.8 Å². The lowest BCUT2D eigenvalue weighted by Gasteiger charge is -2.18. The number of aliphatic hydroxyl groups is 1. The Morgan fingerprint density at radius 2 is 1.67 bits per heavy atom. The van der Waals surface area contributed by atoms with E-state index in [2.05, 4.69) is 19.8 Å². The Morgan fingerprint density at radius 3 is 2.30 bits per heavy atom. The summed E-state index contributed by atoms with van der Waals surface area (Å²) in [6, 6.07) is 3.90. The van der Waals surface area contributed by atoms with Gasteiger partial charge in [-0.05, 0) is 24.6 Å². The van der Waals surface area contributed by atoms with Crippen molar-refractivity contribution in [2.45, 2.75) is 39.3 Å². The van der Waals surface area contributed by atoms with Gasteiger partial charge in [-0.3, -0.25) is 14.4 Å². The Labute approximate surface area is 188 Å². The van der Waals surface area contributed by atoms with E-state index in [4.69, 9.17) is 9.47 Å². The van der Waals surface area contributed by atoms with Crippen LogP contribution in [0.2, 0.25) is 0 Å². The number of rotatable bonds is 11. The van der Waals surface area contributed by atoms with Crippen LogP contribution in [0.3, 0.4) is 0 Å². The van der Waals surface area contributed by atoms with Gasteiger partial charge >= 0.3 is 23.9 Å². The molecule has 2 rings (SSSR count). The molecule has 180 valence electrons. The van der Waals surface area contributed by atoms with E-state index in [-0.39, 0.29) is 36.0 Å². The molecule has 2 aromatic rings. The molecule has 0 aliphatic heterocycles. The number of aromatic amines is 1. The molecule has 0 aliphatic carbocycles. The first-order chi connectivity index (χ1) is 15.6. The van der Waals surface area contributed by atoms with Gasteiger partial charge in [0.2, 0.25) is 13.6 Å². The minimum Gasteiger partial charge on any atom is -0.506 e. The number of ether oxygens (including phenoxy) is 4. The Morgan fingerprint density at radius 1 is 1.03 bits per heavy atom. The van der Waals surface area contributed by atoms with Crippen LogP contribution in [0.25, 0.3) is 10.9 Å². The summed E-state index contributed by atoms with van der Waals surface area (Å²) in [4.78, 5) is 48.0. The molecule has 0 amide bonds. The molecule has 2 unspecified atom stereocenters. The van der Waals surface area contributed by atoms with E-state index in [1.54, 1.807) is 6.92 Å². The van der Waals surface area contributed by atoms with Crippen LogP contribution in [0, 0.1) is 0 Å². The van der Waals surface area contributed by atoms with Gasteiger partial charge in [-0.2, -0.15) is 0 Å². The van der Waals surface area contributed by atoms with E-state index >= 15 is 0 Å². The minimum atomic E-state index is -1.05. The highest BCUT2D eigenvalue weighted by Gasteiger charge is 2.20. The van der Waals surface area contributed by atoms with Crippen molar-refractivity contribution in [3.05, 3.63) is 29.5 Å². The van der Waals surface area contributed by atoms with Crippen molar-refractivity contribution in [2.75, 3.05) is 20.1 Å². The number of fused-ring (bicyclic) bond motifs is 1. The highest BCUT2D eigenvalue weighted by Crippen LogP contribution is 2.31. The fourth-order valence-electron chi connectivity index (χ4n) is 2.85. The van der Waals surface area contributed by atoms with E-state index in [1.165, 1.54) is 32.0 Å². The van der Waals surface area contributed by atoms with Gasteiger partial charge in [-0.15, -0.1) is 0 Å². The predicted octanol–water partition coefficient (Wildman–Crippen LogP) is 1.02. The van der Waals surface area contributed by atoms with Crippen molar-refractivity contribution in [3.8, 4) is 5.75 Å². The second-order valence-corrected chi connectivity index (χ2v) is 7.13. The van der Waals surface area contributed by atoms with Gasteiger partial charge in [0, 0.05) is 31.8 Å². The lowest BCUT2D eigenvalue weighted by Crippen LogP contribution is -2.33. The van der Waals surface area contributed by atoms with Crippen LogP contribution in [0.1, 0.15) is 49.3 Å². The van der Waals surface area contributed by atoms with Gasteiger partial charge in [-0.1, -0.05) is 6.07 Å². The van der Waals surface area contributed by atoms with Gasteiger partial charge in [-0.25, -0.2) is 4.79 Å². The maximum absolute atomic E-state index is 12.1. The third-order valence-corrected chi connectivity index (χ3v) is 4.45. The SMILES string of the molecule is CC(=O)OCOC(=O)CC(C)NCC(O)c1ccc(O)c2[nH]c(C(=O)OCOC(C)=O)cc12. The molecule has 0 fully saturated rings. The molecule has 0 saturated heterocycles. The average molecular weight is 466 g/mol. The summed E-state index contributed by atoms with van der Waals surface area (Å²) >= 11 is 0. The molecule has 0 radical (unpaired) electrons. The number of carbonyl (C=O) groups is 4. The maximum Gasteiger partial charge on any atom is 0.357 e. The molecule has 0 spiro atoms. The van der Waals surface area contributed by atoms with E-state index in [1.807, 2.05) is 0 Å². The molecule has 12 heteroatoms. The van der Waals surface area contributed by atoms with Crippen LogP contribution in [0.4, 0.5) is 0 Å². The molecule has 2 atom stereocenters. The van der Waals surface area contributed by atoms with Crippen molar-refractivity contribution < 1.29 is 48.3 Å². The zero-order chi connectivity index (χ0) is 24.5. The number of hydrogen-bond acceptors (Lipinski definition) is 11.